The van der Waals surface area contributed by atoms with Gasteiger partial charge in [0.15, 0.2) is 0 Å². The van der Waals surface area contributed by atoms with Crippen molar-refractivity contribution in [3.05, 3.63) is 23.8 Å². The molecule has 0 amide bonds. The lowest BCUT2D eigenvalue weighted by atomic mass is 10.0. The standard InChI is InChI=1S/C13H20N2O/c1-9-7-11(16)5-6-12(9)15-13-4-2-3-10(13)8-14/h5-7,10,13,15-16H,2-4,8,14H2,1H3. The van der Waals surface area contributed by atoms with Crippen LogP contribution < -0.4 is 11.1 Å². The highest BCUT2D eigenvalue weighted by atomic mass is 16.3. The fourth-order valence-electron chi connectivity index (χ4n) is 2.52. The van der Waals surface area contributed by atoms with E-state index in [9.17, 15) is 5.11 Å². The van der Waals surface area contributed by atoms with E-state index in [0.717, 1.165) is 17.8 Å². The minimum Gasteiger partial charge on any atom is -0.508 e. The van der Waals surface area contributed by atoms with Gasteiger partial charge in [-0.2, -0.15) is 0 Å². The minimum atomic E-state index is 0.324. The smallest absolute Gasteiger partial charge is 0.115 e. The minimum absolute atomic E-state index is 0.324. The molecule has 3 nitrogen and oxygen atoms in total. The second kappa shape index (κ2) is 4.74. The van der Waals surface area contributed by atoms with E-state index < -0.39 is 0 Å². The Balaban J connectivity index is 2.08. The Morgan fingerprint density at radius 1 is 1.44 bits per heavy atom. The Morgan fingerprint density at radius 3 is 2.94 bits per heavy atom. The van der Waals surface area contributed by atoms with Gasteiger partial charge in [-0.15, -0.1) is 0 Å². The van der Waals surface area contributed by atoms with Crippen LogP contribution in [0.1, 0.15) is 24.8 Å². The van der Waals surface area contributed by atoms with Crippen molar-refractivity contribution >= 4 is 5.69 Å². The molecule has 0 spiro atoms. The van der Waals surface area contributed by atoms with Gasteiger partial charge in [-0.1, -0.05) is 6.42 Å². The highest BCUT2D eigenvalue weighted by Gasteiger charge is 2.25. The first kappa shape index (κ1) is 11.3. The average Bonchev–Trinajstić information content (AvgIpc) is 2.69. The van der Waals surface area contributed by atoms with Crippen LogP contribution in [0.25, 0.3) is 0 Å². The molecule has 1 fully saturated rings. The van der Waals surface area contributed by atoms with Gasteiger partial charge in [0.1, 0.15) is 5.75 Å². The number of rotatable bonds is 3. The van der Waals surface area contributed by atoms with Crippen molar-refractivity contribution in [1.82, 2.24) is 0 Å². The molecule has 2 rings (SSSR count). The van der Waals surface area contributed by atoms with Crippen LogP contribution in [0.15, 0.2) is 18.2 Å². The molecular weight excluding hydrogens is 200 g/mol. The number of hydrogen-bond donors (Lipinski definition) is 3. The van der Waals surface area contributed by atoms with Gasteiger partial charge in [-0.05, 0) is 56.0 Å². The molecule has 0 aromatic heterocycles. The van der Waals surface area contributed by atoms with Crippen molar-refractivity contribution in [2.75, 3.05) is 11.9 Å². The second-order valence-electron chi connectivity index (χ2n) is 4.68. The van der Waals surface area contributed by atoms with Crippen LogP contribution in [0.5, 0.6) is 5.75 Å². The number of anilines is 1. The van der Waals surface area contributed by atoms with Crippen molar-refractivity contribution in [3.63, 3.8) is 0 Å². The number of hydrogen-bond acceptors (Lipinski definition) is 3. The van der Waals surface area contributed by atoms with Gasteiger partial charge in [0.25, 0.3) is 0 Å². The molecule has 3 heteroatoms. The zero-order chi connectivity index (χ0) is 11.5. The van der Waals surface area contributed by atoms with Crippen molar-refractivity contribution < 1.29 is 5.11 Å². The maximum atomic E-state index is 9.35. The third-order valence-electron chi connectivity index (χ3n) is 3.51. The molecule has 1 aliphatic carbocycles. The number of nitrogens with one attached hydrogen (secondary N) is 1. The molecule has 4 N–H and O–H groups in total. The summed E-state index contributed by atoms with van der Waals surface area (Å²) < 4.78 is 0. The lowest BCUT2D eigenvalue weighted by Crippen LogP contribution is -2.29. The Morgan fingerprint density at radius 2 is 2.25 bits per heavy atom. The zero-order valence-electron chi connectivity index (χ0n) is 9.74. The molecule has 0 aliphatic heterocycles. The summed E-state index contributed by atoms with van der Waals surface area (Å²) in [5.41, 5.74) is 7.96. The van der Waals surface area contributed by atoms with Gasteiger partial charge in [0, 0.05) is 11.7 Å². The molecule has 1 aromatic carbocycles. The van der Waals surface area contributed by atoms with E-state index in [0.29, 0.717) is 17.7 Å². The van der Waals surface area contributed by atoms with Gasteiger partial charge < -0.3 is 16.2 Å². The molecule has 88 valence electrons. The predicted octanol–water partition coefficient (Wildman–Crippen LogP) is 2.24. The first-order chi connectivity index (χ1) is 7.70. The Hall–Kier alpha value is -1.22. The van der Waals surface area contributed by atoms with Crippen molar-refractivity contribution in [2.24, 2.45) is 11.7 Å². The molecule has 1 aromatic rings. The first-order valence-electron chi connectivity index (χ1n) is 5.97. The maximum absolute atomic E-state index is 9.35. The molecule has 0 bridgehead atoms. The van der Waals surface area contributed by atoms with Crippen LogP contribution in [0, 0.1) is 12.8 Å². The van der Waals surface area contributed by atoms with E-state index in [4.69, 9.17) is 5.73 Å². The van der Waals surface area contributed by atoms with E-state index in [1.807, 2.05) is 13.0 Å². The molecule has 1 saturated carbocycles. The number of benzene rings is 1. The summed E-state index contributed by atoms with van der Waals surface area (Å²) in [5.74, 6) is 0.915. The third kappa shape index (κ3) is 2.30. The summed E-state index contributed by atoms with van der Waals surface area (Å²) >= 11 is 0. The van der Waals surface area contributed by atoms with Crippen LogP contribution in [0.3, 0.4) is 0 Å². The summed E-state index contributed by atoms with van der Waals surface area (Å²) in [4.78, 5) is 0. The van der Waals surface area contributed by atoms with Crippen LogP contribution in [0.2, 0.25) is 0 Å². The number of aryl methyl sites for hydroxylation is 1. The average molecular weight is 220 g/mol. The van der Waals surface area contributed by atoms with Gasteiger partial charge in [0.05, 0.1) is 0 Å². The third-order valence-corrected chi connectivity index (χ3v) is 3.51. The first-order valence-corrected chi connectivity index (χ1v) is 5.97. The topological polar surface area (TPSA) is 58.3 Å². The number of nitrogens with two attached hydrogens (primary N) is 1. The number of aromatic hydroxyl groups is 1. The molecule has 0 radical (unpaired) electrons. The molecule has 16 heavy (non-hydrogen) atoms. The van der Waals surface area contributed by atoms with E-state index in [-0.39, 0.29) is 0 Å². The SMILES string of the molecule is Cc1cc(O)ccc1NC1CCCC1CN. The Kier molecular flexibility index (Phi) is 3.34. The molecule has 0 heterocycles. The molecule has 2 unspecified atom stereocenters. The van der Waals surface area contributed by atoms with Gasteiger partial charge in [-0.25, -0.2) is 0 Å². The highest BCUT2D eigenvalue weighted by Crippen LogP contribution is 2.29. The predicted molar refractivity (Wildman–Crippen MR) is 66.6 cm³/mol. The van der Waals surface area contributed by atoms with E-state index in [2.05, 4.69) is 5.32 Å². The Bertz CT molecular complexity index is 365. The lowest BCUT2D eigenvalue weighted by Gasteiger charge is -2.22. The summed E-state index contributed by atoms with van der Waals surface area (Å²) in [5, 5.41) is 12.9. The summed E-state index contributed by atoms with van der Waals surface area (Å²) in [7, 11) is 0. The molecule has 2 atom stereocenters. The van der Waals surface area contributed by atoms with Crippen LogP contribution in [0.4, 0.5) is 5.69 Å². The van der Waals surface area contributed by atoms with E-state index in [1.165, 1.54) is 19.3 Å². The van der Waals surface area contributed by atoms with Gasteiger partial charge in [0.2, 0.25) is 0 Å². The summed E-state index contributed by atoms with van der Waals surface area (Å²) in [6.07, 6.45) is 3.68. The maximum Gasteiger partial charge on any atom is 0.115 e. The summed E-state index contributed by atoms with van der Waals surface area (Å²) in [6, 6.07) is 5.95. The number of phenolic OH excluding ortho intramolecular Hbond substituents is 1. The van der Waals surface area contributed by atoms with Crippen molar-refractivity contribution in [2.45, 2.75) is 32.2 Å². The summed E-state index contributed by atoms with van der Waals surface area (Å²) in [6.45, 7) is 2.77. The fraction of sp³-hybridized carbons (Fsp3) is 0.538. The van der Waals surface area contributed by atoms with E-state index in [1.54, 1.807) is 12.1 Å². The molecule has 0 saturated heterocycles. The molecule has 1 aliphatic rings. The fourth-order valence-corrected chi connectivity index (χ4v) is 2.52. The quantitative estimate of drug-likeness (QED) is 0.685. The van der Waals surface area contributed by atoms with Gasteiger partial charge >= 0.3 is 0 Å². The lowest BCUT2D eigenvalue weighted by molar-refractivity contribution is 0.474. The van der Waals surface area contributed by atoms with Crippen LogP contribution in [-0.4, -0.2) is 17.7 Å². The zero-order valence-corrected chi connectivity index (χ0v) is 9.74. The normalized spacial score (nSPS) is 24.6. The van der Waals surface area contributed by atoms with Crippen molar-refractivity contribution in [3.8, 4) is 5.75 Å². The van der Waals surface area contributed by atoms with Crippen LogP contribution in [-0.2, 0) is 0 Å². The van der Waals surface area contributed by atoms with E-state index >= 15 is 0 Å². The molecular formula is C13H20N2O. The highest BCUT2D eigenvalue weighted by molar-refractivity contribution is 5.54. The van der Waals surface area contributed by atoms with Gasteiger partial charge in [-0.3, -0.25) is 0 Å². The van der Waals surface area contributed by atoms with Crippen LogP contribution >= 0.6 is 0 Å². The second-order valence-corrected chi connectivity index (χ2v) is 4.68. The largest absolute Gasteiger partial charge is 0.508 e. The Labute approximate surface area is 96.7 Å². The number of phenols is 1. The van der Waals surface area contributed by atoms with Crippen molar-refractivity contribution in [1.29, 1.82) is 0 Å². The monoisotopic (exact) mass is 220 g/mol.